The van der Waals surface area contributed by atoms with Crippen LogP contribution in [0.3, 0.4) is 0 Å². The van der Waals surface area contributed by atoms with Crippen LogP contribution in [-0.4, -0.2) is 37.0 Å². The summed E-state index contributed by atoms with van der Waals surface area (Å²) >= 11 is 0. The Morgan fingerprint density at radius 3 is 2.24 bits per heavy atom. The normalized spacial score (nSPS) is 13.7. The fourth-order valence-electron chi connectivity index (χ4n) is 2.62. The maximum absolute atomic E-state index is 12.5. The first-order valence-corrected chi connectivity index (χ1v) is 10.4. The lowest BCUT2D eigenvalue weighted by Gasteiger charge is -2.23. The van der Waals surface area contributed by atoms with Crippen LogP contribution in [0.15, 0.2) is 30.3 Å². The quantitative estimate of drug-likeness (QED) is 0.466. The number of nitrogens with one attached hydrogen (secondary N) is 3. The molecule has 0 aromatic heterocycles. The van der Waals surface area contributed by atoms with E-state index in [4.69, 9.17) is 4.74 Å². The molecule has 1 aromatic rings. The Hall–Kier alpha value is -2.57. The van der Waals surface area contributed by atoms with Gasteiger partial charge in [0, 0.05) is 19.5 Å². The molecule has 3 N–H and O–H groups in total. The first kappa shape index (κ1) is 24.5. The third kappa shape index (κ3) is 9.96. The molecule has 7 heteroatoms. The number of amides is 3. The summed E-state index contributed by atoms with van der Waals surface area (Å²) < 4.78 is 5.22. The molecule has 3 amide bonds. The first-order valence-electron chi connectivity index (χ1n) is 10.4. The SMILES string of the molecule is CCC(C)CC(=O)NCCNC(=O)C(NC(=O)OCc1ccccc1)C(C)CC. The van der Waals surface area contributed by atoms with E-state index in [-0.39, 0.29) is 24.3 Å². The molecule has 3 unspecified atom stereocenters. The maximum Gasteiger partial charge on any atom is 0.408 e. The fraction of sp³-hybridized carbons (Fsp3) is 0.591. The lowest BCUT2D eigenvalue weighted by molar-refractivity contribution is -0.125. The van der Waals surface area contributed by atoms with Crippen LogP contribution in [0.25, 0.3) is 0 Å². The summed E-state index contributed by atoms with van der Waals surface area (Å²) in [6.07, 6.45) is 1.53. The van der Waals surface area contributed by atoms with Crippen molar-refractivity contribution >= 4 is 17.9 Å². The van der Waals surface area contributed by atoms with Crippen molar-refractivity contribution in [2.75, 3.05) is 13.1 Å². The number of hydrogen-bond acceptors (Lipinski definition) is 4. The maximum atomic E-state index is 12.5. The smallest absolute Gasteiger partial charge is 0.408 e. The van der Waals surface area contributed by atoms with Crippen molar-refractivity contribution in [3.8, 4) is 0 Å². The Balaban J connectivity index is 2.43. The Morgan fingerprint density at radius 2 is 1.62 bits per heavy atom. The van der Waals surface area contributed by atoms with E-state index in [1.807, 2.05) is 58.0 Å². The highest BCUT2D eigenvalue weighted by atomic mass is 16.5. The number of carbonyl (C=O) groups is 3. The van der Waals surface area contributed by atoms with E-state index in [1.54, 1.807) is 0 Å². The number of ether oxygens (including phenoxy) is 1. The van der Waals surface area contributed by atoms with Crippen LogP contribution >= 0.6 is 0 Å². The first-order chi connectivity index (χ1) is 13.9. The van der Waals surface area contributed by atoms with Gasteiger partial charge in [0.25, 0.3) is 0 Å². The van der Waals surface area contributed by atoms with Gasteiger partial charge in [-0.05, 0) is 17.4 Å². The van der Waals surface area contributed by atoms with Crippen LogP contribution in [0.2, 0.25) is 0 Å². The Bertz CT molecular complexity index is 636. The van der Waals surface area contributed by atoms with Gasteiger partial charge in [-0.25, -0.2) is 4.79 Å². The third-order valence-electron chi connectivity index (χ3n) is 4.96. The van der Waals surface area contributed by atoms with E-state index >= 15 is 0 Å². The largest absolute Gasteiger partial charge is 0.445 e. The number of benzene rings is 1. The molecule has 3 atom stereocenters. The van der Waals surface area contributed by atoms with Gasteiger partial charge < -0.3 is 20.7 Å². The van der Waals surface area contributed by atoms with Crippen LogP contribution in [0.5, 0.6) is 0 Å². The Kier molecular flexibility index (Phi) is 11.5. The molecular formula is C22H35N3O4. The van der Waals surface area contributed by atoms with Crippen molar-refractivity contribution in [2.24, 2.45) is 11.8 Å². The molecule has 29 heavy (non-hydrogen) atoms. The van der Waals surface area contributed by atoms with E-state index in [0.29, 0.717) is 25.4 Å². The monoisotopic (exact) mass is 405 g/mol. The second-order valence-corrected chi connectivity index (χ2v) is 7.43. The highest BCUT2D eigenvalue weighted by Crippen LogP contribution is 2.09. The topological polar surface area (TPSA) is 96.5 Å². The molecule has 7 nitrogen and oxygen atoms in total. The number of carbonyl (C=O) groups excluding carboxylic acids is 3. The summed E-state index contributed by atoms with van der Waals surface area (Å²) in [6.45, 7) is 8.73. The summed E-state index contributed by atoms with van der Waals surface area (Å²) in [4.78, 5) is 36.4. The van der Waals surface area contributed by atoms with Crippen molar-refractivity contribution in [2.45, 2.75) is 59.6 Å². The predicted octanol–water partition coefficient (Wildman–Crippen LogP) is 3.00. The predicted molar refractivity (Wildman–Crippen MR) is 113 cm³/mol. The number of rotatable bonds is 12. The molecule has 0 saturated carbocycles. The third-order valence-corrected chi connectivity index (χ3v) is 4.96. The Labute approximate surface area is 174 Å². The summed E-state index contributed by atoms with van der Waals surface area (Å²) in [5.41, 5.74) is 0.875. The molecule has 0 aliphatic carbocycles. The molecule has 0 radical (unpaired) electrons. The van der Waals surface area contributed by atoms with Crippen LogP contribution in [0.1, 0.15) is 52.5 Å². The van der Waals surface area contributed by atoms with Crippen LogP contribution in [0, 0.1) is 11.8 Å². The highest BCUT2D eigenvalue weighted by molar-refractivity contribution is 5.86. The molecule has 0 bridgehead atoms. The van der Waals surface area contributed by atoms with Gasteiger partial charge in [-0.1, -0.05) is 70.9 Å². The highest BCUT2D eigenvalue weighted by Gasteiger charge is 2.26. The van der Waals surface area contributed by atoms with Gasteiger partial charge in [0.15, 0.2) is 0 Å². The van der Waals surface area contributed by atoms with E-state index in [2.05, 4.69) is 16.0 Å². The molecule has 0 aliphatic rings. The summed E-state index contributed by atoms with van der Waals surface area (Å²) in [5, 5.41) is 8.24. The van der Waals surface area contributed by atoms with Gasteiger partial charge >= 0.3 is 6.09 Å². The molecule has 0 fully saturated rings. The standard InChI is InChI=1S/C22H35N3O4/c1-5-16(3)14-19(26)23-12-13-24-21(27)20(17(4)6-2)25-22(28)29-15-18-10-8-7-9-11-18/h7-11,16-17,20H,5-6,12-15H2,1-4H3,(H,23,26)(H,24,27)(H,25,28). The van der Waals surface area contributed by atoms with Gasteiger partial charge in [0.2, 0.25) is 11.8 Å². The van der Waals surface area contributed by atoms with Crippen molar-refractivity contribution in [1.82, 2.24) is 16.0 Å². The molecule has 0 aliphatic heterocycles. The molecular weight excluding hydrogens is 370 g/mol. The Morgan fingerprint density at radius 1 is 0.966 bits per heavy atom. The van der Waals surface area contributed by atoms with Crippen LogP contribution < -0.4 is 16.0 Å². The molecule has 0 spiro atoms. The zero-order valence-corrected chi connectivity index (χ0v) is 18.0. The van der Waals surface area contributed by atoms with Gasteiger partial charge in [0.05, 0.1) is 0 Å². The second-order valence-electron chi connectivity index (χ2n) is 7.43. The molecule has 162 valence electrons. The lowest BCUT2D eigenvalue weighted by atomic mass is 9.98. The molecule has 0 heterocycles. The second kappa shape index (κ2) is 13.6. The number of alkyl carbamates (subject to hydrolysis) is 1. The zero-order chi connectivity index (χ0) is 21.6. The lowest BCUT2D eigenvalue weighted by Crippen LogP contribution is -2.51. The van der Waals surface area contributed by atoms with Gasteiger partial charge in [0.1, 0.15) is 12.6 Å². The van der Waals surface area contributed by atoms with E-state index < -0.39 is 12.1 Å². The fourth-order valence-corrected chi connectivity index (χ4v) is 2.62. The summed E-state index contributed by atoms with van der Waals surface area (Å²) in [6, 6.07) is 8.66. The van der Waals surface area contributed by atoms with Gasteiger partial charge in [-0.15, -0.1) is 0 Å². The van der Waals surface area contributed by atoms with E-state index in [1.165, 1.54) is 0 Å². The van der Waals surface area contributed by atoms with Crippen molar-refractivity contribution in [3.05, 3.63) is 35.9 Å². The van der Waals surface area contributed by atoms with Crippen molar-refractivity contribution in [1.29, 1.82) is 0 Å². The average molecular weight is 406 g/mol. The minimum absolute atomic E-state index is 0.0188. The average Bonchev–Trinajstić information content (AvgIpc) is 2.73. The molecule has 1 aromatic carbocycles. The molecule has 1 rings (SSSR count). The van der Waals surface area contributed by atoms with E-state index in [0.717, 1.165) is 18.4 Å². The zero-order valence-electron chi connectivity index (χ0n) is 18.0. The van der Waals surface area contributed by atoms with Gasteiger partial charge in [-0.3, -0.25) is 9.59 Å². The van der Waals surface area contributed by atoms with Gasteiger partial charge in [-0.2, -0.15) is 0 Å². The number of hydrogen-bond donors (Lipinski definition) is 3. The summed E-state index contributed by atoms with van der Waals surface area (Å²) in [5.74, 6) is -0.0216. The molecule has 0 saturated heterocycles. The van der Waals surface area contributed by atoms with Crippen LogP contribution in [0.4, 0.5) is 4.79 Å². The minimum Gasteiger partial charge on any atom is -0.445 e. The van der Waals surface area contributed by atoms with Crippen molar-refractivity contribution in [3.63, 3.8) is 0 Å². The van der Waals surface area contributed by atoms with Crippen LogP contribution in [-0.2, 0) is 20.9 Å². The summed E-state index contributed by atoms with van der Waals surface area (Å²) in [7, 11) is 0. The van der Waals surface area contributed by atoms with E-state index in [9.17, 15) is 14.4 Å². The van der Waals surface area contributed by atoms with Crippen molar-refractivity contribution < 1.29 is 19.1 Å². The minimum atomic E-state index is -0.695.